The maximum absolute atomic E-state index is 12.5. The van der Waals surface area contributed by atoms with Gasteiger partial charge in [-0.2, -0.15) is 0 Å². The number of H-pyrrole nitrogens is 1. The van der Waals surface area contributed by atoms with Crippen molar-refractivity contribution in [1.29, 1.82) is 0 Å². The van der Waals surface area contributed by atoms with E-state index in [0.29, 0.717) is 30.4 Å². The summed E-state index contributed by atoms with van der Waals surface area (Å²) in [6.45, 7) is 11.2. The SMILES string of the molecule is C.CC.COc1cc(C)c2[nH]ccc2c1CN1CCN(CC(F)F)CC1.O=C(O)c1ccccc1NC1CCOCC1. The van der Waals surface area contributed by atoms with Crippen LogP contribution in [0.25, 0.3) is 10.9 Å². The third-order valence-electron chi connectivity index (χ3n) is 7.31. The van der Waals surface area contributed by atoms with Crippen molar-refractivity contribution in [2.24, 2.45) is 0 Å². The molecule has 0 spiro atoms. The molecule has 1 aromatic heterocycles. The number of carbonyl (C=O) groups is 1. The summed E-state index contributed by atoms with van der Waals surface area (Å²) in [5.41, 5.74) is 4.48. The topological polar surface area (TPSA) is 90.1 Å². The number of nitrogens with zero attached hydrogens (tertiary/aromatic N) is 2. The number of ether oxygens (including phenoxy) is 2. The van der Waals surface area contributed by atoms with Crippen LogP contribution >= 0.6 is 0 Å². The number of aromatic carboxylic acids is 1. The van der Waals surface area contributed by atoms with Gasteiger partial charge in [0.05, 0.1) is 19.2 Å². The number of carboxylic acid groups (broad SMARTS) is 1. The fourth-order valence-electron chi connectivity index (χ4n) is 5.19. The number of aromatic amines is 1. The van der Waals surface area contributed by atoms with Crippen molar-refractivity contribution in [2.45, 2.75) is 60.1 Å². The standard InChI is InChI=1S/C17H23F2N3O.C12H15NO3.C2H6.CH4/c1-12-9-15(23-2)14(13-3-4-20-17(12)13)10-21-5-7-22(8-6-21)11-16(18)19;14-12(15)10-3-1-2-4-11(10)13-9-5-7-16-8-6-9;1-2;/h3-4,9,16,20H,5-8,10-11H2,1-2H3;1-4,9,13H,5-8H2,(H,14,15);1-2H3;1H4. The Labute approximate surface area is 249 Å². The molecule has 8 nitrogen and oxygen atoms in total. The Balaban J connectivity index is 0.000000286. The first-order chi connectivity index (χ1) is 19.9. The summed E-state index contributed by atoms with van der Waals surface area (Å²) < 4.78 is 35.8. The van der Waals surface area contributed by atoms with Gasteiger partial charge in [-0.1, -0.05) is 33.4 Å². The highest BCUT2D eigenvalue weighted by Crippen LogP contribution is 2.31. The minimum absolute atomic E-state index is 0. The van der Waals surface area contributed by atoms with Crippen molar-refractivity contribution in [3.63, 3.8) is 0 Å². The van der Waals surface area contributed by atoms with Gasteiger partial charge in [0, 0.05) is 80.3 Å². The number of para-hydroxylation sites is 1. The maximum atomic E-state index is 12.5. The molecule has 3 N–H and O–H groups in total. The summed E-state index contributed by atoms with van der Waals surface area (Å²) in [5, 5.41) is 13.5. The molecule has 2 fully saturated rings. The van der Waals surface area contributed by atoms with E-state index in [2.05, 4.69) is 34.3 Å². The number of alkyl halides is 2. The van der Waals surface area contributed by atoms with Crippen LogP contribution in [0.4, 0.5) is 14.5 Å². The third-order valence-corrected chi connectivity index (χ3v) is 7.31. The number of nitrogens with one attached hydrogen (secondary N) is 2. The molecule has 234 valence electrons. The zero-order chi connectivity index (χ0) is 29.8. The molecule has 5 rings (SSSR count). The van der Waals surface area contributed by atoms with Gasteiger partial charge in [0.25, 0.3) is 6.43 Å². The number of hydrogen-bond donors (Lipinski definition) is 3. The van der Waals surface area contributed by atoms with Crippen molar-refractivity contribution in [2.75, 3.05) is 58.4 Å². The quantitative estimate of drug-likeness (QED) is 0.276. The molecule has 42 heavy (non-hydrogen) atoms. The highest BCUT2D eigenvalue weighted by molar-refractivity contribution is 5.94. The van der Waals surface area contributed by atoms with Crippen molar-refractivity contribution < 1.29 is 28.2 Å². The monoisotopic (exact) mass is 590 g/mol. The zero-order valence-corrected chi connectivity index (χ0v) is 24.6. The van der Waals surface area contributed by atoms with Crippen LogP contribution in [-0.4, -0.2) is 91.4 Å². The second kappa shape index (κ2) is 17.7. The van der Waals surface area contributed by atoms with Crippen LogP contribution in [0.3, 0.4) is 0 Å². The molecule has 2 aliphatic rings. The van der Waals surface area contributed by atoms with Gasteiger partial charge < -0.3 is 24.9 Å². The number of halogens is 2. The van der Waals surface area contributed by atoms with E-state index in [9.17, 15) is 13.6 Å². The maximum Gasteiger partial charge on any atom is 0.337 e. The minimum atomic E-state index is -2.25. The Hall–Kier alpha value is -3.21. The zero-order valence-electron chi connectivity index (χ0n) is 24.6. The van der Waals surface area contributed by atoms with Gasteiger partial charge in [-0.15, -0.1) is 0 Å². The van der Waals surface area contributed by atoms with Crippen molar-refractivity contribution in [3.8, 4) is 5.75 Å². The number of carboxylic acids is 1. The van der Waals surface area contributed by atoms with Gasteiger partial charge in [-0.25, -0.2) is 13.6 Å². The fraction of sp³-hybridized carbons (Fsp3) is 0.531. The number of fused-ring (bicyclic) bond motifs is 1. The number of methoxy groups -OCH3 is 1. The third kappa shape index (κ3) is 9.68. The van der Waals surface area contributed by atoms with Crippen LogP contribution in [0.5, 0.6) is 5.75 Å². The first-order valence-corrected chi connectivity index (χ1v) is 14.4. The predicted molar refractivity (Wildman–Crippen MR) is 166 cm³/mol. The minimum Gasteiger partial charge on any atom is -0.496 e. The molecule has 2 aromatic carbocycles. The Kier molecular flexibility index (Phi) is 14.7. The van der Waals surface area contributed by atoms with E-state index in [0.717, 1.165) is 68.1 Å². The predicted octanol–water partition coefficient (Wildman–Crippen LogP) is 6.51. The average molecular weight is 591 g/mol. The highest BCUT2D eigenvalue weighted by Gasteiger charge is 2.22. The van der Waals surface area contributed by atoms with Crippen molar-refractivity contribution in [3.05, 3.63) is 59.3 Å². The molecule has 0 atom stereocenters. The lowest BCUT2D eigenvalue weighted by molar-refractivity contribution is 0.0542. The van der Waals surface area contributed by atoms with Crippen LogP contribution in [0.2, 0.25) is 0 Å². The molecule has 0 unspecified atom stereocenters. The van der Waals surface area contributed by atoms with Crippen LogP contribution < -0.4 is 10.1 Å². The smallest absolute Gasteiger partial charge is 0.337 e. The number of aryl methyl sites for hydroxylation is 1. The molecule has 0 aliphatic carbocycles. The van der Waals surface area contributed by atoms with Gasteiger partial charge in [0.1, 0.15) is 5.75 Å². The lowest BCUT2D eigenvalue weighted by Crippen LogP contribution is -2.47. The number of benzene rings is 2. The molecule has 2 saturated heterocycles. The average Bonchev–Trinajstić information content (AvgIpc) is 3.48. The summed E-state index contributed by atoms with van der Waals surface area (Å²) in [6, 6.07) is 11.4. The van der Waals surface area contributed by atoms with Gasteiger partial charge in [0.15, 0.2) is 0 Å². The van der Waals surface area contributed by atoms with Crippen LogP contribution in [0, 0.1) is 6.92 Å². The molecule has 0 amide bonds. The van der Waals surface area contributed by atoms with Gasteiger partial charge >= 0.3 is 5.97 Å². The summed E-state index contributed by atoms with van der Waals surface area (Å²) in [5.74, 6) is -0.000213. The first-order valence-electron chi connectivity index (χ1n) is 14.4. The van der Waals surface area contributed by atoms with Gasteiger partial charge in [-0.3, -0.25) is 9.80 Å². The number of rotatable bonds is 8. The van der Waals surface area contributed by atoms with Crippen LogP contribution in [0.15, 0.2) is 42.6 Å². The highest BCUT2D eigenvalue weighted by atomic mass is 19.3. The lowest BCUT2D eigenvalue weighted by Gasteiger charge is -2.34. The second-order valence-electron chi connectivity index (χ2n) is 9.99. The Morgan fingerprint density at radius 3 is 2.38 bits per heavy atom. The Bertz CT molecular complexity index is 1220. The number of aromatic nitrogens is 1. The molecule has 0 saturated carbocycles. The van der Waals surface area contributed by atoms with E-state index in [-0.39, 0.29) is 14.0 Å². The van der Waals surface area contributed by atoms with Gasteiger partial charge in [-0.05, 0) is 49.6 Å². The second-order valence-corrected chi connectivity index (χ2v) is 9.99. The van der Waals surface area contributed by atoms with Crippen molar-refractivity contribution in [1.82, 2.24) is 14.8 Å². The van der Waals surface area contributed by atoms with Crippen LogP contribution in [-0.2, 0) is 11.3 Å². The Morgan fingerprint density at radius 2 is 1.76 bits per heavy atom. The van der Waals surface area contributed by atoms with E-state index in [1.54, 1.807) is 25.3 Å². The molecule has 3 heterocycles. The summed E-state index contributed by atoms with van der Waals surface area (Å²) in [4.78, 5) is 18.4. The lowest BCUT2D eigenvalue weighted by atomic mass is 10.0. The molecule has 10 heteroatoms. The number of piperazine rings is 1. The molecule has 0 radical (unpaired) electrons. The Morgan fingerprint density at radius 1 is 1.12 bits per heavy atom. The number of hydrogen-bond acceptors (Lipinski definition) is 6. The van der Waals surface area contributed by atoms with E-state index in [1.807, 2.05) is 31.0 Å². The van der Waals surface area contributed by atoms with Crippen LogP contribution in [0.1, 0.15) is 55.6 Å². The molecular weight excluding hydrogens is 542 g/mol. The van der Waals surface area contributed by atoms with E-state index >= 15 is 0 Å². The van der Waals surface area contributed by atoms with E-state index in [4.69, 9.17) is 14.6 Å². The summed E-state index contributed by atoms with van der Waals surface area (Å²) >= 11 is 0. The molecule has 0 bridgehead atoms. The van der Waals surface area contributed by atoms with Crippen molar-refractivity contribution >= 4 is 22.6 Å². The number of anilines is 1. The van der Waals surface area contributed by atoms with E-state index in [1.165, 1.54) is 5.39 Å². The molecule has 3 aromatic rings. The summed E-state index contributed by atoms with van der Waals surface area (Å²) in [7, 11) is 1.69. The molecule has 2 aliphatic heterocycles. The molecular formula is C32H48F2N4O4. The largest absolute Gasteiger partial charge is 0.496 e. The fourth-order valence-corrected chi connectivity index (χ4v) is 5.19. The summed E-state index contributed by atoms with van der Waals surface area (Å²) in [6.07, 6.45) is 1.54. The van der Waals surface area contributed by atoms with Gasteiger partial charge in [0.2, 0.25) is 0 Å². The first kappa shape index (κ1) is 35.0. The van der Waals surface area contributed by atoms with E-state index < -0.39 is 12.4 Å². The normalized spacial score (nSPS) is 16.1.